The molecule has 2 aromatic heterocycles. The topological polar surface area (TPSA) is 64.2 Å². The Kier molecular flexibility index (Phi) is 4.44. The summed E-state index contributed by atoms with van der Waals surface area (Å²) >= 11 is 0. The summed E-state index contributed by atoms with van der Waals surface area (Å²) in [7, 11) is 0. The Bertz CT molecular complexity index is 1190. The molecule has 6 heteroatoms. The Morgan fingerprint density at radius 1 is 1.07 bits per heavy atom. The highest BCUT2D eigenvalue weighted by atomic mass is 16.3. The van der Waals surface area contributed by atoms with Crippen molar-refractivity contribution >= 4 is 22.5 Å². The molecule has 0 atom stereocenters. The van der Waals surface area contributed by atoms with Crippen molar-refractivity contribution in [2.75, 3.05) is 13.1 Å². The van der Waals surface area contributed by atoms with Gasteiger partial charge in [0.1, 0.15) is 12.8 Å². The van der Waals surface area contributed by atoms with E-state index in [1.54, 1.807) is 11.2 Å². The third kappa shape index (κ3) is 3.45. The molecule has 0 bridgehead atoms. The lowest BCUT2D eigenvalue weighted by Gasteiger charge is -2.25. The van der Waals surface area contributed by atoms with E-state index in [0.29, 0.717) is 31.2 Å². The van der Waals surface area contributed by atoms with E-state index in [1.807, 2.05) is 47.0 Å². The normalized spacial score (nSPS) is 14.2. The molecule has 0 N–H and O–H groups in total. The third-order valence-corrected chi connectivity index (χ3v) is 5.24. The van der Waals surface area contributed by atoms with Crippen molar-refractivity contribution in [2.24, 2.45) is 0 Å². The van der Waals surface area contributed by atoms with Gasteiger partial charge in [-0.05, 0) is 29.7 Å². The number of amides is 1. The van der Waals surface area contributed by atoms with E-state index in [1.165, 1.54) is 17.4 Å². The zero-order valence-electron chi connectivity index (χ0n) is 15.9. The van der Waals surface area contributed by atoms with Crippen LogP contribution < -0.4 is 0 Å². The number of aromatic nitrogens is 3. The van der Waals surface area contributed by atoms with E-state index in [4.69, 9.17) is 4.42 Å². The lowest BCUT2D eigenvalue weighted by Crippen LogP contribution is -2.34. The van der Waals surface area contributed by atoms with Crippen molar-refractivity contribution in [1.82, 2.24) is 19.4 Å². The number of carbonyl (C=O) groups excluding carboxylic acids is 1. The lowest BCUT2D eigenvalue weighted by molar-refractivity contribution is 0.0767. The van der Waals surface area contributed by atoms with E-state index in [-0.39, 0.29) is 5.91 Å². The zero-order valence-corrected chi connectivity index (χ0v) is 15.9. The first-order valence-electron chi connectivity index (χ1n) is 9.66. The van der Waals surface area contributed by atoms with Gasteiger partial charge in [0, 0.05) is 13.1 Å². The third-order valence-electron chi connectivity index (χ3n) is 5.24. The highest BCUT2D eigenvalue weighted by Crippen LogP contribution is 2.23. The maximum atomic E-state index is 12.8. The minimum atomic E-state index is -0.0983. The van der Waals surface area contributed by atoms with Crippen LogP contribution in [-0.4, -0.2) is 38.4 Å². The van der Waals surface area contributed by atoms with Gasteiger partial charge < -0.3 is 13.9 Å². The molecule has 6 nitrogen and oxygen atoms in total. The molecule has 0 saturated carbocycles. The Labute approximate surface area is 168 Å². The van der Waals surface area contributed by atoms with Crippen molar-refractivity contribution in [3.63, 3.8) is 0 Å². The predicted molar refractivity (Wildman–Crippen MR) is 110 cm³/mol. The molecule has 0 radical (unpaired) electrons. The second kappa shape index (κ2) is 7.39. The largest absolute Gasteiger partial charge is 0.446 e. The molecule has 4 aromatic rings. The molecule has 0 aliphatic carbocycles. The van der Waals surface area contributed by atoms with Gasteiger partial charge >= 0.3 is 0 Å². The molecular weight excluding hydrogens is 364 g/mol. The van der Waals surface area contributed by atoms with Crippen LogP contribution in [0.1, 0.15) is 28.4 Å². The van der Waals surface area contributed by atoms with Crippen LogP contribution in [0.5, 0.6) is 0 Å². The summed E-state index contributed by atoms with van der Waals surface area (Å²) in [6.45, 7) is 1.69. The number of imidazole rings is 1. The summed E-state index contributed by atoms with van der Waals surface area (Å²) in [4.78, 5) is 23.4. The van der Waals surface area contributed by atoms with Gasteiger partial charge in [-0.1, -0.05) is 48.5 Å². The number of carbonyl (C=O) groups is 1. The van der Waals surface area contributed by atoms with Gasteiger partial charge in [0.2, 0.25) is 5.89 Å². The summed E-state index contributed by atoms with van der Waals surface area (Å²) in [5.41, 5.74) is 4.78. The maximum absolute atomic E-state index is 12.8. The minimum Gasteiger partial charge on any atom is -0.446 e. The fourth-order valence-corrected chi connectivity index (χ4v) is 3.69. The molecule has 1 aliphatic heterocycles. The molecule has 29 heavy (non-hydrogen) atoms. The quantitative estimate of drug-likeness (QED) is 0.533. The van der Waals surface area contributed by atoms with Gasteiger partial charge in [-0.2, -0.15) is 0 Å². The number of benzene rings is 2. The average molecular weight is 384 g/mol. The molecule has 3 heterocycles. The fourth-order valence-electron chi connectivity index (χ4n) is 3.69. The SMILES string of the molecule is O=C(c1coc(Cn2cnc3ccccc32)n1)N1CC=C(c2ccccc2)CC1. The monoisotopic (exact) mass is 384 g/mol. The Hall–Kier alpha value is -3.67. The Morgan fingerprint density at radius 3 is 2.72 bits per heavy atom. The van der Waals surface area contributed by atoms with E-state index >= 15 is 0 Å². The van der Waals surface area contributed by atoms with Crippen LogP contribution in [0.3, 0.4) is 0 Å². The summed E-state index contributed by atoms with van der Waals surface area (Å²) in [5, 5.41) is 0. The van der Waals surface area contributed by atoms with Crippen LogP contribution >= 0.6 is 0 Å². The highest BCUT2D eigenvalue weighted by molar-refractivity contribution is 5.92. The second-order valence-corrected chi connectivity index (χ2v) is 7.08. The number of rotatable bonds is 4. The number of hydrogen-bond donors (Lipinski definition) is 0. The number of oxazole rings is 1. The van der Waals surface area contributed by atoms with Gasteiger partial charge in [-0.15, -0.1) is 0 Å². The molecule has 0 unspecified atom stereocenters. The fraction of sp³-hybridized carbons (Fsp3) is 0.174. The number of para-hydroxylation sites is 2. The molecular formula is C23H20N4O2. The van der Waals surface area contributed by atoms with Gasteiger partial charge in [-0.25, -0.2) is 9.97 Å². The molecule has 0 fully saturated rings. The first kappa shape index (κ1) is 17.4. The van der Waals surface area contributed by atoms with E-state index < -0.39 is 0 Å². The van der Waals surface area contributed by atoms with Gasteiger partial charge in [0.05, 0.1) is 17.4 Å². The molecule has 0 saturated heterocycles. The number of fused-ring (bicyclic) bond motifs is 1. The van der Waals surface area contributed by atoms with Gasteiger partial charge in [-0.3, -0.25) is 4.79 Å². The number of hydrogen-bond acceptors (Lipinski definition) is 4. The van der Waals surface area contributed by atoms with Crippen LogP contribution in [0.25, 0.3) is 16.6 Å². The first-order chi connectivity index (χ1) is 14.3. The Morgan fingerprint density at radius 2 is 1.90 bits per heavy atom. The molecule has 1 amide bonds. The van der Waals surface area contributed by atoms with Crippen LogP contribution in [0, 0.1) is 0 Å². The summed E-state index contributed by atoms with van der Waals surface area (Å²) < 4.78 is 7.53. The molecule has 5 rings (SSSR count). The molecule has 144 valence electrons. The minimum absolute atomic E-state index is 0.0983. The highest BCUT2D eigenvalue weighted by Gasteiger charge is 2.22. The van der Waals surface area contributed by atoms with Crippen LogP contribution in [-0.2, 0) is 6.54 Å². The van der Waals surface area contributed by atoms with E-state index in [0.717, 1.165) is 17.5 Å². The van der Waals surface area contributed by atoms with Crippen molar-refractivity contribution in [2.45, 2.75) is 13.0 Å². The second-order valence-electron chi connectivity index (χ2n) is 7.08. The summed E-state index contributed by atoms with van der Waals surface area (Å²) in [5.74, 6) is 0.396. The van der Waals surface area contributed by atoms with E-state index in [9.17, 15) is 4.79 Å². The van der Waals surface area contributed by atoms with Crippen LogP contribution in [0.4, 0.5) is 0 Å². The van der Waals surface area contributed by atoms with Gasteiger partial charge in [0.15, 0.2) is 5.69 Å². The maximum Gasteiger partial charge on any atom is 0.276 e. The van der Waals surface area contributed by atoms with Gasteiger partial charge in [0.25, 0.3) is 5.91 Å². The van der Waals surface area contributed by atoms with Crippen LogP contribution in [0.15, 0.2) is 77.7 Å². The summed E-state index contributed by atoms with van der Waals surface area (Å²) in [6.07, 6.45) is 6.17. The summed E-state index contributed by atoms with van der Waals surface area (Å²) in [6, 6.07) is 18.2. The standard InChI is InChI=1S/C23H20N4O2/c28-23(26-12-10-18(11-13-26)17-6-2-1-3-7-17)20-15-29-22(25-20)14-27-16-24-19-8-4-5-9-21(19)27/h1-10,15-16H,11-14H2. The first-order valence-corrected chi connectivity index (χ1v) is 9.66. The van der Waals surface area contributed by atoms with E-state index in [2.05, 4.69) is 28.2 Å². The molecule has 0 spiro atoms. The lowest BCUT2D eigenvalue weighted by atomic mass is 9.99. The van der Waals surface area contributed by atoms with Crippen molar-refractivity contribution < 1.29 is 9.21 Å². The average Bonchev–Trinajstić information content (AvgIpc) is 3.42. The van der Waals surface area contributed by atoms with Crippen LogP contribution in [0.2, 0.25) is 0 Å². The predicted octanol–water partition coefficient (Wildman–Crippen LogP) is 4.00. The van der Waals surface area contributed by atoms with Crippen molar-refractivity contribution in [3.8, 4) is 0 Å². The van der Waals surface area contributed by atoms with Crippen molar-refractivity contribution in [3.05, 3.63) is 90.4 Å². The van der Waals surface area contributed by atoms with Crippen molar-refractivity contribution in [1.29, 1.82) is 0 Å². The zero-order chi connectivity index (χ0) is 19.6. The number of nitrogens with zero attached hydrogens (tertiary/aromatic N) is 4. The molecule has 2 aromatic carbocycles. The Balaban J connectivity index is 1.28. The smallest absolute Gasteiger partial charge is 0.276 e. The molecule has 1 aliphatic rings.